The van der Waals surface area contributed by atoms with Gasteiger partial charge in [0.1, 0.15) is 30.0 Å². The molecule has 1 aliphatic heterocycles. The van der Waals surface area contributed by atoms with E-state index >= 15 is 0 Å². The first-order valence-corrected chi connectivity index (χ1v) is 30.5. The van der Waals surface area contributed by atoms with Crippen molar-refractivity contribution in [3.05, 3.63) is 197 Å². The monoisotopic (exact) mass is 1030 g/mol. The summed E-state index contributed by atoms with van der Waals surface area (Å²) in [5, 5.41) is -0.140. The van der Waals surface area contributed by atoms with Crippen molar-refractivity contribution >= 4 is 52.7 Å². The average molecular weight is 1040 g/mol. The van der Waals surface area contributed by atoms with E-state index in [1.54, 1.807) is 133 Å². The molecule has 0 N–H and O–H groups in total. The van der Waals surface area contributed by atoms with Crippen LogP contribution in [-0.4, -0.2) is 77.8 Å². The Morgan fingerprint density at radius 2 is 0.851 bits per heavy atom. The van der Waals surface area contributed by atoms with E-state index in [4.69, 9.17) is 37.3 Å². The van der Waals surface area contributed by atoms with Crippen molar-refractivity contribution in [2.45, 2.75) is 109 Å². The third-order valence-electron chi connectivity index (χ3n) is 13.6. The third-order valence-corrected chi connectivity index (χ3v) is 22.3. The van der Waals surface area contributed by atoms with Gasteiger partial charge in [-0.05, 0) is 120 Å². The SMILES string of the molecule is CC(C)(C)[Si](C)(C)Oc1ccc(/C=C/c2cc(O[C@@H]3OC(COC(=O)c4ccccc4)[C@H](OC(=O)c4ccccc4)C(OC(=O)c4ccccc4)C3OC(=O)c3ccccc3)cc(O[Si](C)(C)C(C)(C)C)c2)cc1. The summed E-state index contributed by atoms with van der Waals surface area (Å²) in [7, 11) is -4.53. The van der Waals surface area contributed by atoms with Crippen LogP contribution in [0.15, 0.2) is 164 Å². The molecule has 7 rings (SSSR count). The summed E-state index contributed by atoms with van der Waals surface area (Å²) in [5.41, 5.74) is 2.38. The Morgan fingerprint density at radius 3 is 1.31 bits per heavy atom. The number of ether oxygens (including phenoxy) is 6. The van der Waals surface area contributed by atoms with Crippen molar-refractivity contribution in [1.29, 1.82) is 0 Å². The fraction of sp³-hybridized carbons (Fsp3) is 0.300. The van der Waals surface area contributed by atoms with E-state index in [1.165, 1.54) is 0 Å². The Bertz CT molecular complexity index is 2880. The first-order chi connectivity index (χ1) is 35.1. The number of benzene rings is 6. The van der Waals surface area contributed by atoms with Gasteiger partial charge < -0.3 is 37.3 Å². The van der Waals surface area contributed by atoms with Crippen LogP contribution in [0.2, 0.25) is 36.3 Å². The summed E-state index contributed by atoms with van der Waals surface area (Å²) in [6, 6.07) is 46.4. The molecule has 0 bridgehead atoms. The standard InChI is InChI=1S/C60H66O12Si2/c1-59(2,3)73(7,8)71-47-35-33-41(34-36-47)31-32-42-37-48(39-49(38-42)72-74(9,10)60(4,5)6)66-58-53(70-57(64)46-29-21-14-22-30-46)52(69-56(63)45-27-19-13-20-28-45)51(68-55(62)44-25-17-12-18-26-44)50(67-58)40-65-54(61)43-23-15-11-16-24-43/h11-39,50-53,58H,40H2,1-10H3/b32-31+/t50?,51-,52?,53?,58+/m0/s1. The van der Waals surface area contributed by atoms with Gasteiger partial charge in [-0.15, -0.1) is 0 Å². The van der Waals surface area contributed by atoms with Crippen LogP contribution >= 0.6 is 0 Å². The molecule has 6 aromatic carbocycles. The molecule has 386 valence electrons. The summed E-state index contributed by atoms with van der Waals surface area (Å²) < 4.78 is 51.7. The quantitative estimate of drug-likeness (QED) is 0.0371. The number of carbonyl (C=O) groups excluding carboxylic acids is 4. The minimum Gasteiger partial charge on any atom is -0.544 e. The van der Waals surface area contributed by atoms with E-state index in [1.807, 2.05) is 42.5 Å². The van der Waals surface area contributed by atoms with Gasteiger partial charge in [0.05, 0.1) is 22.3 Å². The summed E-state index contributed by atoms with van der Waals surface area (Å²) in [4.78, 5) is 56.1. The highest BCUT2D eigenvalue weighted by atomic mass is 28.4. The van der Waals surface area contributed by atoms with Crippen molar-refractivity contribution in [3.8, 4) is 17.2 Å². The van der Waals surface area contributed by atoms with Crippen LogP contribution in [0.1, 0.15) is 94.1 Å². The van der Waals surface area contributed by atoms with Gasteiger partial charge in [-0.25, -0.2) is 19.2 Å². The van der Waals surface area contributed by atoms with Crippen LogP contribution in [0, 0.1) is 0 Å². The second-order valence-corrected chi connectivity index (χ2v) is 30.6. The van der Waals surface area contributed by atoms with Gasteiger partial charge in [0.25, 0.3) is 0 Å². The number of hydrogen-bond donors (Lipinski definition) is 0. The van der Waals surface area contributed by atoms with Gasteiger partial charge in [-0.2, -0.15) is 0 Å². The number of rotatable bonds is 17. The molecule has 0 amide bonds. The molecule has 14 heteroatoms. The van der Waals surface area contributed by atoms with Crippen molar-refractivity contribution in [1.82, 2.24) is 0 Å². The third kappa shape index (κ3) is 14.1. The molecule has 0 radical (unpaired) electrons. The summed E-state index contributed by atoms with van der Waals surface area (Å²) in [6.07, 6.45) is -3.82. The van der Waals surface area contributed by atoms with Gasteiger partial charge in [-0.1, -0.05) is 139 Å². The van der Waals surface area contributed by atoms with E-state index in [2.05, 4.69) is 67.7 Å². The van der Waals surface area contributed by atoms with Crippen LogP contribution in [0.25, 0.3) is 12.2 Å². The Hall–Kier alpha value is -7.27. The molecule has 74 heavy (non-hydrogen) atoms. The van der Waals surface area contributed by atoms with Gasteiger partial charge >= 0.3 is 23.9 Å². The maximum Gasteiger partial charge on any atom is 0.338 e. The second-order valence-electron chi connectivity index (χ2n) is 21.2. The molecule has 0 spiro atoms. The Balaban J connectivity index is 1.32. The molecule has 5 atom stereocenters. The van der Waals surface area contributed by atoms with Gasteiger partial charge in [-0.3, -0.25) is 0 Å². The van der Waals surface area contributed by atoms with Crippen LogP contribution in [0.4, 0.5) is 0 Å². The summed E-state index contributed by atoms with van der Waals surface area (Å²) in [5.74, 6) is -1.59. The minimum atomic E-state index is -2.46. The van der Waals surface area contributed by atoms with Crippen LogP contribution in [0.3, 0.4) is 0 Å². The predicted octanol–water partition coefficient (Wildman–Crippen LogP) is 13.3. The van der Waals surface area contributed by atoms with Crippen molar-refractivity contribution in [2.24, 2.45) is 0 Å². The molecular formula is C60H66O12Si2. The molecule has 1 aliphatic rings. The molecule has 3 unspecified atom stereocenters. The largest absolute Gasteiger partial charge is 0.544 e. The highest BCUT2D eigenvalue weighted by molar-refractivity contribution is 6.75. The fourth-order valence-corrected chi connectivity index (χ4v) is 9.35. The highest BCUT2D eigenvalue weighted by Crippen LogP contribution is 2.40. The maximum atomic E-state index is 14.3. The molecule has 0 aliphatic carbocycles. The minimum absolute atomic E-state index is 0.0373. The summed E-state index contributed by atoms with van der Waals surface area (Å²) >= 11 is 0. The van der Waals surface area contributed by atoms with Crippen molar-refractivity contribution in [2.75, 3.05) is 6.61 Å². The molecule has 1 saturated heterocycles. The number of carbonyl (C=O) groups is 4. The van der Waals surface area contributed by atoms with Crippen LogP contribution in [0.5, 0.6) is 17.2 Å². The van der Waals surface area contributed by atoms with Crippen molar-refractivity contribution in [3.63, 3.8) is 0 Å². The zero-order chi connectivity index (χ0) is 53.3. The smallest absolute Gasteiger partial charge is 0.338 e. The Labute approximate surface area is 436 Å². The molecule has 1 fully saturated rings. The van der Waals surface area contributed by atoms with E-state index in [9.17, 15) is 19.2 Å². The Morgan fingerprint density at radius 1 is 0.459 bits per heavy atom. The fourth-order valence-electron chi connectivity index (χ4n) is 7.31. The Kier molecular flexibility index (Phi) is 17.2. The van der Waals surface area contributed by atoms with E-state index in [0.717, 1.165) is 11.3 Å². The van der Waals surface area contributed by atoms with Crippen LogP contribution in [-0.2, 0) is 23.7 Å². The molecule has 1 heterocycles. The lowest BCUT2D eigenvalue weighted by Crippen LogP contribution is -2.63. The normalized spacial score (nSPS) is 18.2. The van der Waals surface area contributed by atoms with Crippen LogP contribution < -0.4 is 13.6 Å². The molecule has 0 saturated carbocycles. The topological polar surface area (TPSA) is 142 Å². The first-order valence-electron chi connectivity index (χ1n) is 24.7. The lowest BCUT2D eigenvalue weighted by Gasteiger charge is -2.44. The van der Waals surface area contributed by atoms with Crippen molar-refractivity contribution < 1.29 is 56.5 Å². The molecule has 12 nitrogen and oxygen atoms in total. The van der Waals surface area contributed by atoms with Gasteiger partial charge in [0.2, 0.25) is 29.0 Å². The zero-order valence-electron chi connectivity index (χ0n) is 43.7. The average Bonchev–Trinajstić information content (AvgIpc) is 3.37. The summed E-state index contributed by atoms with van der Waals surface area (Å²) in [6.45, 7) is 21.2. The van der Waals surface area contributed by atoms with Gasteiger partial charge in [0.15, 0.2) is 12.2 Å². The highest BCUT2D eigenvalue weighted by Gasteiger charge is 2.54. The second kappa shape index (κ2) is 23.3. The lowest BCUT2D eigenvalue weighted by molar-refractivity contribution is -0.275. The molecule has 6 aromatic rings. The zero-order valence-corrected chi connectivity index (χ0v) is 45.7. The predicted molar refractivity (Wildman–Crippen MR) is 290 cm³/mol. The van der Waals surface area contributed by atoms with Gasteiger partial charge in [0, 0.05) is 6.07 Å². The molecular weight excluding hydrogens is 969 g/mol. The number of esters is 4. The lowest BCUT2D eigenvalue weighted by atomic mass is 9.97. The molecule has 0 aromatic heterocycles. The number of hydrogen-bond acceptors (Lipinski definition) is 12. The van der Waals surface area contributed by atoms with E-state index < -0.39 is 77.8 Å². The maximum absolute atomic E-state index is 14.3. The van der Waals surface area contributed by atoms with E-state index in [0.29, 0.717) is 11.3 Å². The van der Waals surface area contributed by atoms with E-state index in [-0.39, 0.29) is 38.1 Å². The first kappa shape index (κ1) is 54.5.